The molecule has 0 spiro atoms. The van der Waals surface area contributed by atoms with Gasteiger partial charge in [0.15, 0.2) is 0 Å². The summed E-state index contributed by atoms with van der Waals surface area (Å²) in [5.41, 5.74) is -0.468. The molecule has 20 heavy (non-hydrogen) atoms. The fourth-order valence-electron chi connectivity index (χ4n) is 1.83. The number of hydrogen-bond donors (Lipinski definition) is 3. The Bertz CT molecular complexity index is 735. The molecule has 1 heterocycles. The second-order valence-electron chi connectivity index (χ2n) is 4.24. The van der Waals surface area contributed by atoms with Gasteiger partial charge in [-0.05, 0) is 24.3 Å². The van der Waals surface area contributed by atoms with E-state index >= 15 is 0 Å². The summed E-state index contributed by atoms with van der Waals surface area (Å²) in [6.07, 6.45) is 1.00. The van der Waals surface area contributed by atoms with Gasteiger partial charge in [-0.3, -0.25) is 24.6 Å². The summed E-state index contributed by atoms with van der Waals surface area (Å²) >= 11 is 1.53. The molecule has 106 valence electrons. The maximum absolute atomic E-state index is 11.8. The number of carbonyl (C=O) groups is 1. The van der Waals surface area contributed by atoms with Gasteiger partial charge >= 0.3 is 0 Å². The van der Waals surface area contributed by atoms with Crippen molar-refractivity contribution in [1.82, 2.24) is 10.2 Å². The first-order chi connectivity index (χ1) is 9.63. The highest BCUT2D eigenvalue weighted by atomic mass is 32.2. The highest BCUT2D eigenvalue weighted by Crippen LogP contribution is 2.17. The maximum Gasteiger partial charge on any atom is 0.272 e. The average molecular weight is 293 g/mol. The third-order valence-electron chi connectivity index (χ3n) is 2.68. The quantitative estimate of drug-likeness (QED) is 0.724. The number of benzene rings is 1. The van der Waals surface area contributed by atoms with Gasteiger partial charge in [0.25, 0.3) is 11.1 Å². The molecule has 0 saturated carbocycles. The standard InChI is InChI=1S/C13H15N3O3S/c1-2-6-20-7-10(17)14-9-5-3-4-8-11(9)13(19)16-15-12(8)18/h3-5H,2,6-7H2,1H3,(H,14,17)(H,15,18)(H,16,19). The Morgan fingerprint density at radius 1 is 1.25 bits per heavy atom. The molecule has 0 aliphatic carbocycles. The summed E-state index contributed by atoms with van der Waals surface area (Å²) in [6.45, 7) is 2.04. The maximum atomic E-state index is 11.8. The minimum Gasteiger partial charge on any atom is -0.325 e. The van der Waals surface area contributed by atoms with Crippen LogP contribution < -0.4 is 16.4 Å². The summed E-state index contributed by atoms with van der Waals surface area (Å²) < 4.78 is 0. The minimum absolute atomic E-state index is 0.185. The molecular weight excluding hydrogens is 278 g/mol. The smallest absolute Gasteiger partial charge is 0.272 e. The number of aromatic nitrogens is 2. The van der Waals surface area contributed by atoms with Crippen LogP contribution in [-0.2, 0) is 4.79 Å². The largest absolute Gasteiger partial charge is 0.325 e. The Kier molecular flexibility index (Phi) is 4.62. The number of hydrogen-bond acceptors (Lipinski definition) is 4. The van der Waals surface area contributed by atoms with Crippen molar-refractivity contribution in [1.29, 1.82) is 0 Å². The second-order valence-corrected chi connectivity index (χ2v) is 5.34. The number of rotatable bonds is 5. The molecule has 0 radical (unpaired) electrons. The Labute approximate surface area is 119 Å². The van der Waals surface area contributed by atoms with E-state index in [9.17, 15) is 14.4 Å². The SMILES string of the molecule is CCCSCC(=O)Nc1cccc2c(=O)[nH][nH]c(=O)c12. The van der Waals surface area contributed by atoms with E-state index in [1.165, 1.54) is 11.8 Å². The normalized spacial score (nSPS) is 10.7. The summed E-state index contributed by atoms with van der Waals surface area (Å²) in [4.78, 5) is 35.2. The number of thioether (sulfide) groups is 1. The summed E-state index contributed by atoms with van der Waals surface area (Å²) in [5, 5.41) is 7.65. The van der Waals surface area contributed by atoms with Crippen LogP contribution in [0.3, 0.4) is 0 Å². The molecule has 1 aromatic carbocycles. The van der Waals surface area contributed by atoms with Crippen LogP contribution in [0.4, 0.5) is 5.69 Å². The average Bonchev–Trinajstić information content (AvgIpc) is 2.43. The summed E-state index contributed by atoms with van der Waals surface area (Å²) in [7, 11) is 0. The topological polar surface area (TPSA) is 94.8 Å². The monoisotopic (exact) mass is 293 g/mol. The van der Waals surface area contributed by atoms with Crippen LogP contribution in [0.15, 0.2) is 27.8 Å². The number of fused-ring (bicyclic) bond motifs is 1. The fourth-order valence-corrected chi connectivity index (χ4v) is 2.52. The first kappa shape index (κ1) is 14.4. The number of aromatic amines is 2. The van der Waals surface area contributed by atoms with Crippen LogP contribution in [0.1, 0.15) is 13.3 Å². The van der Waals surface area contributed by atoms with Gasteiger partial charge in [-0.15, -0.1) is 0 Å². The third kappa shape index (κ3) is 3.11. The fraction of sp³-hybridized carbons (Fsp3) is 0.308. The van der Waals surface area contributed by atoms with Gasteiger partial charge in [-0.2, -0.15) is 11.8 Å². The molecule has 1 amide bonds. The lowest BCUT2D eigenvalue weighted by atomic mass is 10.1. The van der Waals surface area contributed by atoms with E-state index in [0.717, 1.165) is 12.2 Å². The highest BCUT2D eigenvalue weighted by molar-refractivity contribution is 7.99. The molecule has 2 aromatic rings. The molecule has 0 saturated heterocycles. The predicted molar refractivity (Wildman–Crippen MR) is 81.4 cm³/mol. The van der Waals surface area contributed by atoms with E-state index < -0.39 is 11.1 Å². The first-order valence-corrected chi connectivity index (χ1v) is 7.40. The zero-order chi connectivity index (χ0) is 14.5. The Morgan fingerprint density at radius 2 is 2.00 bits per heavy atom. The molecule has 2 rings (SSSR count). The lowest BCUT2D eigenvalue weighted by Crippen LogP contribution is -2.22. The van der Waals surface area contributed by atoms with Crippen LogP contribution in [-0.4, -0.2) is 27.6 Å². The van der Waals surface area contributed by atoms with Gasteiger partial charge in [0.05, 0.1) is 22.2 Å². The molecule has 0 unspecified atom stereocenters. The van der Waals surface area contributed by atoms with Crippen LogP contribution in [0, 0.1) is 0 Å². The second kappa shape index (κ2) is 6.42. The number of amides is 1. The Morgan fingerprint density at radius 3 is 2.75 bits per heavy atom. The molecule has 7 heteroatoms. The summed E-state index contributed by atoms with van der Waals surface area (Å²) in [6, 6.07) is 4.79. The molecule has 1 aromatic heterocycles. The van der Waals surface area contributed by atoms with E-state index in [1.54, 1.807) is 18.2 Å². The van der Waals surface area contributed by atoms with Crippen molar-refractivity contribution < 1.29 is 4.79 Å². The molecule has 0 bridgehead atoms. The number of H-pyrrole nitrogens is 2. The van der Waals surface area contributed by atoms with Crippen LogP contribution in [0.2, 0.25) is 0 Å². The van der Waals surface area contributed by atoms with Crippen molar-refractivity contribution in [2.24, 2.45) is 0 Å². The Balaban J connectivity index is 2.31. The number of carbonyl (C=O) groups excluding carboxylic acids is 1. The molecule has 0 aliphatic rings. The van der Waals surface area contributed by atoms with E-state index in [0.29, 0.717) is 11.4 Å². The molecule has 0 aliphatic heterocycles. The van der Waals surface area contributed by atoms with Crippen molar-refractivity contribution in [3.63, 3.8) is 0 Å². The lowest BCUT2D eigenvalue weighted by molar-refractivity contribution is -0.113. The zero-order valence-corrected chi connectivity index (χ0v) is 11.8. The Hall–Kier alpha value is -2.02. The van der Waals surface area contributed by atoms with E-state index in [4.69, 9.17) is 0 Å². The van der Waals surface area contributed by atoms with Crippen molar-refractivity contribution in [2.45, 2.75) is 13.3 Å². The third-order valence-corrected chi connectivity index (χ3v) is 3.84. The lowest BCUT2D eigenvalue weighted by Gasteiger charge is -2.07. The molecular formula is C13H15N3O3S. The van der Waals surface area contributed by atoms with Crippen molar-refractivity contribution >= 4 is 34.1 Å². The number of nitrogens with one attached hydrogen (secondary N) is 3. The molecule has 6 nitrogen and oxygen atoms in total. The van der Waals surface area contributed by atoms with E-state index in [1.807, 2.05) is 6.92 Å². The molecule has 3 N–H and O–H groups in total. The molecule has 0 atom stereocenters. The van der Waals surface area contributed by atoms with Gasteiger partial charge in [-0.1, -0.05) is 13.0 Å². The first-order valence-electron chi connectivity index (χ1n) is 6.24. The summed E-state index contributed by atoms with van der Waals surface area (Å²) in [5.74, 6) is 1.05. The number of anilines is 1. The van der Waals surface area contributed by atoms with Gasteiger partial charge in [0.1, 0.15) is 0 Å². The highest BCUT2D eigenvalue weighted by Gasteiger charge is 2.10. The zero-order valence-electron chi connectivity index (χ0n) is 11.0. The van der Waals surface area contributed by atoms with Gasteiger partial charge in [0, 0.05) is 0 Å². The predicted octanol–water partition coefficient (Wildman–Crippen LogP) is 1.30. The van der Waals surface area contributed by atoms with Gasteiger partial charge < -0.3 is 5.32 Å². The van der Waals surface area contributed by atoms with E-state index in [2.05, 4.69) is 15.5 Å². The molecule has 0 fully saturated rings. The minimum atomic E-state index is -0.434. The van der Waals surface area contributed by atoms with Gasteiger partial charge in [-0.25, -0.2) is 0 Å². The van der Waals surface area contributed by atoms with Crippen LogP contribution in [0.25, 0.3) is 10.8 Å². The van der Waals surface area contributed by atoms with Crippen LogP contribution >= 0.6 is 11.8 Å². The van der Waals surface area contributed by atoms with Crippen molar-refractivity contribution in [2.75, 3.05) is 16.8 Å². The van der Waals surface area contributed by atoms with Gasteiger partial charge in [0.2, 0.25) is 5.91 Å². The van der Waals surface area contributed by atoms with Crippen LogP contribution in [0.5, 0.6) is 0 Å². The van der Waals surface area contributed by atoms with Crippen molar-refractivity contribution in [3.05, 3.63) is 38.9 Å². The van der Waals surface area contributed by atoms with Crippen molar-refractivity contribution in [3.8, 4) is 0 Å². The van der Waals surface area contributed by atoms with E-state index in [-0.39, 0.29) is 16.7 Å².